The Labute approximate surface area is 173 Å². The van der Waals surface area contributed by atoms with E-state index >= 15 is 0 Å². The van der Waals surface area contributed by atoms with Crippen molar-refractivity contribution in [3.63, 3.8) is 0 Å². The van der Waals surface area contributed by atoms with Crippen LogP contribution < -0.4 is 0 Å². The average Bonchev–Trinajstić information content (AvgIpc) is 3.40. The van der Waals surface area contributed by atoms with Crippen molar-refractivity contribution in [1.29, 1.82) is 0 Å². The molecule has 5 rings (SSSR count). The molecule has 1 saturated carbocycles. The first-order valence-corrected chi connectivity index (χ1v) is 10.0. The molecular weight excluding hydrogens is 383 g/mol. The Hall–Kier alpha value is -3.32. The summed E-state index contributed by atoms with van der Waals surface area (Å²) in [5.74, 6) is 1.30. The quantitative estimate of drug-likeness (QED) is 0.432. The van der Waals surface area contributed by atoms with E-state index in [1.54, 1.807) is 6.07 Å². The van der Waals surface area contributed by atoms with Gasteiger partial charge in [-0.2, -0.15) is 0 Å². The van der Waals surface area contributed by atoms with E-state index in [4.69, 9.17) is 8.94 Å². The van der Waals surface area contributed by atoms with Crippen molar-refractivity contribution >= 4 is 0 Å². The molecule has 0 N–H and O–H groups in total. The van der Waals surface area contributed by atoms with E-state index in [9.17, 15) is 4.39 Å². The Morgan fingerprint density at radius 1 is 1.00 bits per heavy atom. The summed E-state index contributed by atoms with van der Waals surface area (Å²) < 4.78 is 25.5. The highest BCUT2D eigenvalue weighted by Gasteiger charge is 2.31. The summed E-state index contributed by atoms with van der Waals surface area (Å²) in [5, 5.41) is 12.7. The van der Waals surface area contributed by atoms with E-state index in [1.807, 2.05) is 49.4 Å². The molecule has 30 heavy (non-hydrogen) atoms. The third-order valence-electron chi connectivity index (χ3n) is 5.32. The van der Waals surface area contributed by atoms with E-state index in [-0.39, 0.29) is 5.82 Å². The molecule has 0 bridgehead atoms. The lowest BCUT2D eigenvalue weighted by Crippen LogP contribution is -2.25. The molecule has 0 atom stereocenters. The van der Waals surface area contributed by atoms with Gasteiger partial charge in [0.25, 0.3) is 5.89 Å². The van der Waals surface area contributed by atoms with Crippen molar-refractivity contribution in [1.82, 2.24) is 20.3 Å². The number of benzene rings is 2. The third-order valence-corrected chi connectivity index (χ3v) is 5.32. The first-order chi connectivity index (χ1) is 14.7. The van der Waals surface area contributed by atoms with Gasteiger partial charge >= 0.3 is 0 Å². The van der Waals surface area contributed by atoms with Gasteiger partial charge in [-0.25, -0.2) is 4.39 Å². The summed E-state index contributed by atoms with van der Waals surface area (Å²) in [6, 6.07) is 17.0. The van der Waals surface area contributed by atoms with Crippen LogP contribution in [0.2, 0.25) is 0 Å². The Morgan fingerprint density at radius 3 is 2.53 bits per heavy atom. The molecule has 2 aromatic carbocycles. The molecule has 1 fully saturated rings. The molecule has 0 aliphatic heterocycles. The molecule has 1 aliphatic rings. The molecule has 152 valence electrons. The van der Waals surface area contributed by atoms with Crippen LogP contribution in [-0.4, -0.2) is 26.3 Å². The minimum atomic E-state index is -0.193. The summed E-state index contributed by atoms with van der Waals surface area (Å²) in [4.78, 5) is 2.19. The van der Waals surface area contributed by atoms with Crippen LogP contribution in [0.4, 0.5) is 4.39 Å². The van der Waals surface area contributed by atoms with E-state index in [0.29, 0.717) is 53.5 Å². The highest BCUT2D eigenvalue weighted by Crippen LogP contribution is 2.34. The van der Waals surface area contributed by atoms with Gasteiger partial charge in [0.1, 0.15) is 22.8 Å². The predicted molar refractivity (Wildman–Crippen MR) is 109 cm³/mol. The van der Waals surface area contributed by atoms with Crippen molar-refractivity contribution in [2.24, 2.45) is 0 Å². The van der Waals surface area contributed by atoms with Crippen LogP contribution in [-0.2, 0) is 13.1 Å². The number of rotatable bonds is 7. The normalized spacial score (nSPS) is 13.8. The molecule has 0 radical (unpaired) electrons. The SMILES string of the molecule is Cc1onc(-c2ccccc2)c1-c1nnc(CN(Cc2ccccc2F)C2CC2)o1. The number of aromatic nitrogens is 3. The van der Waals surface area contributed by atoms with E-state index in [2.05, 4.69) is 20.3 Å². The van der Waals surface area contributed by atoms with Crippen LogP contribution in [0.25, 0.3) is 22.7 Å². The maximum absolute atomic E-state index is 14.1. The molecule has 6 nitrogen and oxygen atoms in total. The number of hydrogen-bond acceptors (Lipinski definition) is 6. The largest absolute Gasteiger partial charge is 0.419 e. The van der Waals surface area contributed by atoms with Crippen molar-refractivity contribution < 1.29 is 13.3 Å². The van der Waals surface area contributed by atoms with Gasteiger partial charge < -0.3 is 8.94 Å². The highest BCUT2D eigenvalue weighted by atomic mass is 19.1. The second-order valence-corrected chi connectivity index (χ2v) is 7.56. The van der Waals surface area contributed by atoms with Crippen LogP contribution in [0.15, 0.2) is 63.5 Å². The van der Waals surface area contributed by atoms with Crippen molar-refractivity contribution in [3.8, 4) is 22.7 Å². The topological polar surface area (TPSA) is 68.2 Å². The molecule has 0 unspecified atom stereocenters. The van der Waals surface area contributed by atoms with Crippen molar-refractivity contribution in [2.75, 3.05) is 0 Å². The zero-order valence-electron chi connectivity index (χ0n) is 16.6. The van der Waals surface area contributed by atoms with Gasteiger partial charge in [-0.3, -0.25) is 4.90 Å². The van der Waals surface area contributed by atoms with Crippen LogP contribution in [0.1, 0.15) is 30.1 Å². The van der Waals surface area contributed by atoms with Gasteiger partial charge in [-0.1, -0.05) is 53.7 Å². The molecule has 0 spiro atoms. The van der Waals surface area contributed by atoms with Gasteiger partial charge in [0.2, 0.25) is 5.89 Å². The maximum atomic E-state index is 14.1. The zero-order chi connectivity index (χ0) is 20.5. The Balaban J connectivity index is 1.40. The lowest BCUT2D eigenvalue weighted by molar-refractivity contribution is 0.218. The van der Waals surface area contributed by atoms with E-state index in [0.717, 1.165) is 18.4 Å². The summed E-state index contributed by atoms with van der Waals surface area (Å²) >= 11 is 0. The summed E-state index contributed by atoms with van der Waals surface area (Å²) in [7, 11) is 0. The smallest absolute Gasteiger partial charge is 0.253 e. The second-order valence-electron chi connectivity index (χ2n) is 7.56. The molecule has 4 aromatic rings. The number of halogens is 1. The zero-order valence-corrected chi connectivity index (χ0v) is 16.6. The second kappa shape index (κ2) is 7.84. The minimum absolute atomic E-state index is 0.193. The van der Waals surface area contributed by atoms with Crippen LogP contribution in [0, 0.1) is 12.7 Å². The lowest BCUT2D eigenvalue weighted by atomic mass is 10.1. The summed E-state index contributed by atoms with van der Waals surface area (Å²) in [5.41, 5.74) is 2.97. The highest BCUT2D eigenvalue weighted by molar-refractivity contribution is 5.77. The van der Waals surface area contributed by atoms with Gasteiger partial charge in [0.05, 0.1) is 6.54 Å². The fraction of sp³-hybridized carbons (Fsp3) is 0.261. The first kappa shape index (κ1) is 18.7. The number of nitrogens with zero attached hydrogens (tertiary/aromatic N) is 4. The average molecular weight is 404 g/mol. The summed E-state index contributed by atoms with van der Waals surface area (Å²) in [6.07, 6.45) is 2.19. The predicted octanol–water partition coefficient (Wildman–Crippen LogP) is 5.00. The molecule has 0 amide bonds. The van der Waals surface area contributed by atoms with Gasteiger partial charge in [0.15, 0.2) is 0 Å². The first-order valence-electron chi connectivity index (χ1n) is 10.0. The molecular formula is C23H21FN4O2. The molecule has 2 heterocycles. The van der Waals surface area contributed by atoms with Gasteiger partial charge in [-0.15, -0.1) is 10.2 Å². The Kier molecular flexibility index (Phi) is 4.88. The van der Waals surface area contributed by atoms with Gasteiger partial charge in [-0.05, 0) is 25.8 Å². The molecule has 7 heteroatoms. The Morgan fingerprint density at radius 2 is 1.77 bits per heavy atom. The third kappa shape index (κ3) is 3.76. The molecule has 0 saturated heterocycles. The van der Waals surface area contributed by atoms with E-state index < -0.39 is 0 Å². The number of aryl methyl sites for hydroxylation is 1. The lowest BCUT2D eigenvalue weighted by Gasteiger charge is -2.20. The fourth-order valence-electron chi connectivity index (χ4n) is 3.61. The summed E-state index contributed by atoms with van der Waals surface area (Å²) in [6.45, 7) is 2.81. The standard InChI is InChI=1S/C23H21FN4O2/c1-15-21(22(27-30-15)16-7-3-2-4-8-16)23-26-25-20(29-23)14-28(18-11-12-18)13-17-9-5-6-10-19(17)24/h2-10,18H,11-14H2,1H3. The van der Waals surface area contributed by atoms with Gasteiger partial charge in [0, 0.05) is 23.7 Å². The maximum Gasteiger partial charge on any atom is 0.253 e. The number of hydrogen-bond donors (Lipinski definition) is 0. The monoisotopic (exact) mass is 404 g/mol. The van der Waals surface area contributed by atoms with Crippen LogP contribution in [0.3, 0.4) is 0 Å². The minimum Gasteiger partial charge on any atom is -0.419 e. The fourth-order valence-corrected chi connectivity index (χ4v) is 3.61. The van der Waals surface area contributed by atoms with Crippen molar-refractivity contribution in [2.45, 2.75) is 38.9 Å². The van der Waals surface area contributed by atoms with Crippen LogP contribution in [0.5, 0.6) is 0 Å². The van der Waals surface area contributed by atoms with Crippen molar-refractivity contribution in [3.05, 3.63) is 77.6 Å². The molecule has 1 aliphatic carbocycles. The molecule has 2 aromatic heterocycles. The Bertz CT molecular complexity index is 1150. The van der Waals surface area contributed by atoms with E-state index in [1.165, 1.54) is 6.07 Å². The van der Waals surface area contributed by atoms with Crippen LogP contribution >= 0.6 is 0 Å².